The van der Waals surface area contributed by atoms with Crippen molar-refractivity contribution in [1.29, 1.82) is 0 Å². The van der Waals surface area contributed by atoms with E-state index in [4.69, 9.17) is 9.47 Å². The maximum atomic E-state index is 5.61. The van der Waals surface area contributed by atoms with E-state index in [-0.39, 0.29) is 0 Å². The zero-order chi connectivity index (χ0) is 10.5. The molecule has 3 rings (SSSR count). The van der Waals surface area contributed by atoms with Gasteiger partial charge in [0.05, 0.1) is 25.4 Å². The Labute approximate surface area is 92.3 Å². The lowest BCUT2D eigenvalue weighted by Gasteiger charge is -2.49. The van der Waals surface area contributed by atoms with Crippen molar-refractivity contribution in [2.45, 2.75) is 58.2 Å². The fourth-order valence-corrected chi connectivity index (χ4v) is 3.58. The van der Waals surface area contributed by atoms with E-state index in [1.165, 1.54) is 32.1 Å². The van der Waals surface area contributed by atoms with Gasteiger partial charge in [-0.25, -0.2) is 0 Å². The maximum absolute atomic E-state index is 5.61. The molecule has 4 unspecified atom stereocenters. The highest BCUT2D eigenvalue weighted by molar-refractivity contribution is 5.05. The maximum Gasteiger partial charge on any atom is 0.0868 e. The molecule has 1 saturated carbocycles. The minimum absolute atomic E-state index is 0.414. The van der Waals surface area contributed by atoms with Crippen molar-refractivity contribution in [3.63, 3.8) is 0 Å². The third-order valence-corrected chi connectivity index (χ3v) is 5.18. The molecule has 2 heterocycles. The van der Waals surface area contributed by atoms with Gasteiger partial charge in [-0.3, -0.25) is 0 Å². The van der Waals surface area contributed by atoms with E-state index >= 15 is 0 Å². The van der Waals surface area contributed by atoms with E-state index in [1.54, 1.807) is 0 Å². The monoisotopic (exact) mass is 210 g/mol. The van der Waals surface area contributed by atoms with Gasteiger partial charge >= 0.3 is 0 Å². The minimum atomic E-state index is 0.414. The molecule has 3 aliphatic rings. The molecule has 0 spiro atoms. The zero-order valence-corrected chi connectivity index (χ0v) is 9.92. The van der Waals surface area contributed by atoms with Crippen molar-refractivity contribution in [2.24, 2.45) is 10.8 Å². The third kappa shape index (κ3) is 1.62. The Balaban J connectivity index is 1.80. The van der Waals surface area contributed by atoms with Crippen LogP contribution in [0.5, 0.6) is 0 Å². The summed E-state index contributed by atoms with van der Waals surface area (Å²) in [5.41, 5.74) is 0.866. The van der Waals surface area contributed by atoms with E-state index in [0.717, 1.165) is 13.2 Å². The molecule has 0 aromatic heterocycles. The summed E-state index contributed by atoms with van der Waals surface area (Å²) in [4.78, 5) is 0. The lowest BCUT2D eigenvalue weighted by molar-refractivity contribution is -0.0202. The Hall–Kier alpha value is -0.0800. The summed E-state index contributed by atoms with van der Waals surface area (Å²) in [5, 5.41) is 0. The van der Waals surface area contributed by atoms with Crippen molar-refractivity contribution in [1.82, 2.24) is 0 Å². The fraction of sp³-hybridized carbons (Fsp3) is 1.00. The van der Waals surface area contributed by atoms with Crippen LogP contribution in [0.1, 0.15) is 46.0 Å². The van der Waals surface area contributed by atoms with E-state index in [1.807, 2.05) is 0 Å². The molecule has 86 valence electrons. The Bertz CT molecular complexity index is 257. The van der Waals surface area contributed by atoms with Gasteiger partial charge in [-0.15, -0.1) is 0 Å². The first-order valence-electron chi connectivity index (χ1n) is 6.37. The second-order valence-corrected chi connectivity index (χ2v) is 6.17. The molecule has 3 fully saturated rings. The van der Waals surface area contributed by atoms with Crippen LogP contribution >= 0.6 is 0 Å². The Kier molecular flexibility index (Phi) is 2.16. The quantitative estimate of drug-likeness (QED) is 0.669. The number of epoxide rings is 2. The van der Waals surface area contributed by atoms with E-state index < -0.39 is 0 Å². The van der Waals surface area contributed by atoms with Crippen molar-refractivity contribution in [2.75, 3.05) is 13.2 Å². The molecule has 1 aliphatic carbocycles. The van der Waals surface area contributed by atoms with E-state index in [9.17, 15) is 0 Å². The Morgan fingerprint density at radius 3 is 2.33 bits per heavy atom. The highest BCUT2D eigenvalue weighted by atomic mass is 16.6. The molecule has 2 saturated heterocycles. The van der Waals surface area contributed by atoms with Gasteiger partial charge in [0.1, 0.15) is 0 Å². The van der Waals surface area contributed by atoms with Crippen LogP contribution in [0.25, 0.3) is 0 Å². The number of hydrogen-bond donors (Lipinski definition) is 0. The molecule has 2 nitrogen and oxygen atoms in total. The average molecular weight is 210 g/mol. The normalized spacial score (nSPS) is 54.0. The standard InChI is InChI=1S/C13H22O2/c1-12(7-10-8-14-10)5-3-4-6-13(12,2)11-9-15-11/h10-11H,3-9H2,1-2H3. The third-order valence-electron chi connectivity index (χ3n) is 5.18. The van der Waals surface area contributed by atoms with Crippen molar-refractivity contribution >= 4 is 0 Å². The molecule has 0 N–H and O–H groups in total. The predicted octanol–water partition coefficient (Wildman–Crippen LogP) is 2.76. The molecule has 2 aliphatic heterocycles. The zero-order valence-electron chi connectivity index (χ0n) is 9.92. The van der Waals surface area contributed by atoms with Crippen molar-refractivity contribution in [3.05, 3.63) is 0 Å². The fourth-order valence-electron chi connectivity index (χ4n) is 3.58. The molecule has 2 heteroatoms. The highest BCUT2D eigenvalue weighted by Gasteiger charge is 2.56. The van der Waals surface area contributed by atoms with Gasteiger partial charge in [-0.2, -0.15) is 0 Å². The smallest absolute Gasteiger partial charge is 0.0868 e. The van der Waals surface area contributed by atoms with Gasteiger partial charge in [0.25, 0.3) is 0 Å². The molecule has 0 aromatic rings. The van der Waals surface area contributed by atoms with Gasteiger partial charge < -0.3 is 9.47 Å². The molecule has 0 amide bonds. The van der Waals surface area contributed by atoms with Gasteiger partial charge in [0, 0.05) is 5.41 Å². The summed E-state index contributed by atoms with van der Waals surface area (Å²) in [7, 11) is 0. The lowest BCUT2D eigenvalue weighted by atomic mass is 9.54. The minimum Gasteiger partial charge on any atom is -0.373 e. The van der Waals surface area contributed by atoms with Gasteiger partial charge in [-0.05, 0) is 24.7 Å². The topological polar surface area (TPSA) is 25.1 Å². The van der Waals surface area contributed by atoms with Gasteiger partial charge in [0.2, 0.25) is 0 Å². The molecule has 0 bridgehead atoms. The summed E-state index contributed by atoms with van der Waals surface area (Å²) < 4.78 is 11.0. The number of rotatable bonds is 3. The molecule has 15 heavy (non-hydrogen) atoms. The molecule has 0 radical (unpaired) electrons. The van der Waals surface area contributed by atoms with Gasteiger partial charge in [-0.1, -0.05) is 26.7 Å². The average Bonchev–Trinajstić information content (AvgIpc) is 2.98. The Morgan fingerprint density at radius 2 is 1.73 bits per heavy atom. The lowest BCUT2D eigenvalue weighted by Crippen LogP contribution is -2.45. The number of ether oxygens (including phenoxy) is 2. The first-order valence-corrected chi connectivity index (χ1v) is 6.37. The predicted molar refractivity (Wildman–Crippen MR) is 58.8 cm³/mol. The van der Waals surface area contributed by atoms with Gasteiger partial charge in [0.15, 0.2) is 0 Å². The van der Waals surface area contributed by atoms with Crippen LogP contribution in [0, 0.1) is 10.8 Å². The second kappa shape index (κ2) is 3.21. The van der Waals surface area contributed by atoms with Crippen molar-refractivity contribution in [3.8, 4) is 0 Å². The highest BCUT2D eigenvalue weighted by Crippen LogP contribution is 2.58. The van der Waals surface area contributed by atoms with Crippen LogP contribution < -0.4 is 0 Å². The summed E-state index contributed by atoms with van der Waals surface area (Å²) in [6, 6.07) is 0. The molecular weight excluding hydrogens is 188 g/mol. The first kappa shape index (κ1) is 10.1. The largest absolute Gasteiger partial charge is 0.373 e. The van der Waals surface area contributed by atoms with Crippen LogP contribution in [0.2, 0.25) is 0 Å². The van der Waals surface area contributed by atoms with E-state index in [2.05, 4.69) is 13.8 Å². The van der Waals surface area contributed by atoms with Crippen LogP contribution in [0.15, 0.2) is 0 Å². The van der Waals surface area contributed by atoms with Crippen LogP contribution in [0.4, 0.5) is 0 Å². The van der Waals surface area contributed by atoms with Crippen LogP contribution in [-0.2, 0) is 9.47 Å². The Morgan fingerprint density at radius 1 is 1.07 bits per heavy atom. The summed E-state index contributed by atoms with van der Waals surface area (Å²) in [6.07, 6.45) is 7.85. The number of hydrogen-bond acceptors (Lipinski definition) is 2. The second-order valence-electron chi connectivity index (χ2n) is 6.17. The van der Waals surface area contributed by atoms with E-state index in [0.29, 0.717) is 23.0 Å². The molecular formula is C13H22O2. The first-order chi connectivity index (χ1) is 7.14. The summed E-state index contributed by atoms with van der Waals surface area (Å²) >= 11 is 0. The van der Waals surface area contributed by atoms with Crippen LogP contribution in [0.3, 0.4) is 0 Å². The SMILES string of the molecule is CC1(CC2CO2)CCCCC1(C)C1CO1. The molecule has 4 atom stereocenters. The van der Waals surface area contributed by atoms with Crippen molar-refractivity contribution < 1.29 is 9.47 Å². The molecule has 0 aromatic carbocycles. The summed E-state index contributed by atoms with van der Waals surface area (Å²) in [5.74, 6) is 0. The summed E-state index contributed by atoms with van der Waals surface area (Å²) in [6.45, 7) is 6.91. The van der Waals surface area contributed by atoms with Crippen LogP contribution in [-0.4, -0.2) is 25.4 Å².